The SMILES string of the molecule is CCC1CCNC(C(=O)NCc2ccc(C)c(F)c2)C1. The number of rotatable bonds is 4. The van der Waals surface area contributed by atoms with Gasteiger partial charge >= 0.3 is 0 Å². The maximum absolute atomic E-state index is 13.4. The van der Waals surface area contributed by atoms with Crippen LogP contribution in [-0.4, -0.2) is 18.5 Å². The Morgan fingerprint density at radius 2 is 2.30 bits per heavy atom. The van der Waals surface area contributed by atoms with Crippen LogP contribution in [0.5, 0.6) is 0 Å². The zero-order valence-corrected chi connectivity index (χ0v) is 12.2. The van der Waals surface area contributed by atoms with Gasteiger partial charge in [0.15, 0.2) is 0 Å². The molecule has 0 aromatic heterocycles. The summed E-state index contributed by atoms with van der Waals surface area (Å²) >= 11 is 0. The summed E-state index contributed by atoms with van der Waals surface area (Å²) in [6, 6.07) is 4.97. The van der Waals surface area contributed by atoms with Gasteiger partial charge in [0.05, 0.1) is 6.04 Å². The zero-order valence-electron chi connectivity index (χ0n) is 12.2. The molecule has 0 bridgehead atoms. The summed E-state index contributed by atoms with van der Waals surface area (Å²) in [6.07, 6.45) is 3.16. The van der Waals surface area contributed by atoms with Gasteiger partial charge in [-0.3, -0.25) is 4.79 Å². The Balaban J connectivity index is 1.86. The second-order valence-electron chi connectivity index (χ2n) is 5.61. The number of amides is 1. The Kier molecular flexibility index (Phi) is 5.12. The number of halogens is 1. The van der Waals surface area contributed by atoms with Crippen LogP contribution in [0.3, 0.4) is 0 Å². The van der Waals surface area contributed by atoms with E-state index in [1.165, 1.54) is 6.07 Å². The summed E-state index contributed by atoms with van der Waals surface area (Å²) in [5.74, 6) is 0.423. The third kappa shape index (κ3) is 3.79. The molecule has 4 heteroatoms. The van der Waals surface area contributed by atoms with E-state index in [1.807, 2.05) is 6.07 Å². The van der Waals surface area contributed by atoms with Crippen LogP contribution in [0.15, 0.2) is 18.2 Å². The average Bonchev–Trinajstić information content (AvgIpc) is 2.48. The lowest BCUT2D eigenvalue weighted by atomic mass is 9.90. The molecule has 0 radical (unpaired) electrons. The molecule has 1 aliphatic heterocycles. The van der Waals surface area contributed by atoms with E-state index in [-0.39, 0.29) is 17.8 Å². The fourth-order valence-electron chi connectivity index (χ4n) is 2.63. The zero-order chi connectivity index (χ0) is 14.5. The van der Waals surface area contributed by atoms with Crippen LogP contribution >= 0.6 is 0 Å². The molecule has 3 nitrogen and oxygen atoms in total. The molecule has 1 saturated heterocycles. The number of carbonyl (C=O) groups is 1. The van der Waals surface area contributed by atoms with E-state index in [0.717, 1.165) is 31.4 Å². The topological polar surface area (TPSA) is 41.1 Å². The van der Waals surface area contributed by atoms with Crippen molar-refractivity contribution in [2.24, 2.45) is 5.92 Å². The molecule has 1 aromatic rings. The van der Waals surface area contributed by atoms with Crippen molar-refractivity contribution in [2.75, 3.05) is 6.54 Å². The predicted octanol–water partition coefficient (Wildman–Crippen LogP) is 2.53. The molecule has 1 fully saturated rings. The summed E-state index contributed by atoms with van der Waals surface area (Å²) < 4.78 is 13.4. The Morgan fingerprint density at radius 1 is 1.50 bits per heavy atom. The van der Waals surface area contributed by atoms with Crippen LogP contribution in [0.2, 0.25) is 0 Å². The van der Waals surface area contributed by atoms with Gasteiger partial charge in [0.25, 0.3) is 0 Å². The number of hydrogen-bond acceptors (Lipinski definition) is 2. The monoisotopic (exact) mass is 278 g/mol. The second kappa shape index (κ2) is 6.84. The molecule has 2 rings (SSSR count). The van der Waals surface area contributed by atoms with Crippen molar-refractivity contribution in [3.63, 3.8) is 0 Å². The Hall–Kier alpha value is -1.42. The first-order chi connectivity index (χ1) is 9.60. The normalized spacial score (nSPS) is 22.6. The molecule has 0 spiro atoms. The van der Waals surface area contributed by atoms with E-state index in [2.05, 4.69) is 17.6 Å². The van der Waals surface area contributed by atoms with Gasteiger partial charge < -0.3 is 10.6 Å². The minimum Gasteiger partial charge on any atom is -0.351 e. The summed E-state index contributed by atoms with van der Waals surface area (Å²) in [6.45, 7) is 5.18. The van der Waals surface area contributed by atoms with Crippen molar-refractivity contribution in [1.82, 2.24) is 10.6 Å². The van der Waals surface area contributed by atoms with Crippen molar-refractivity contribution >= 4 is 5.91 Å². The lowest BCUT2D eigenvalue weighted by Crippen LogP contribution is -2.48. The van der Waals surface area contributed by atoms with E-state index in [9.17, 15) is 9.18 Å². The van der Waals surface area contributed by atoms with Crippen molar-refractivity contribution in [3.05, 3.63) is 35.1 Å². The summed E-state index contributed by atoms with van der Waals surface area (Å²) in [5.41, 5.74) is 1.42. The number of aryl methyl sites for hydroxylation is 1. The highest BCUT2D eigenvalue weighted by molar-refractivity contribution is 5.81. The minimum atomic E-state index is -0.224. The van der Waals surface area contributed by atoms with Crippen molar-refractivity contribution in [3.8, 4) is 0 Å². The summed E-state index contributed by atoms with van der Waals surface area (Å²) in [5, 5.41) is 6.15. The molecule has 0 saturated carbocycles. The van der Waals surface area contributed by atoms with Crippen LogP contribution in [0.1, 0.15) is 37.3 Å². The van der Waals surface area contributed by atoms with E-state index in [1.54, 1.807) is 13.0 Å². The van der Waals surface area contributed by atoms with Gasteiger partial charge in [0.1, 0.15) is 5.82 Å². The molecule has 20 heavy (non-hydrogen) atoms. The number of benzene rings is 1. The van der Waals surface area contributed by atoms with Crippen LogP contribution in [0.4, 0.5) is 4.39 Å². The van der Waals surface area contributed by atoms with Crippen LogP contribution in [0.25, 0.3) is 0 Å². The Morgan fingerprint density at radius 3 is 3.00 bits per heavy atom. The first kappa shape index (κ1) is 15.0. The molecule has 2 unspecified atom stereocenters. The minimum absolute atomic E-state index is 0.0177. The van der Waals surface area contributed by atoms with Crippen LogP contribution in [-0.2, 0) is 11.3 Å². The largest absolute Gasteiger partial charge is 0.351 e. The molecule has 2 atom stereocenters. The average molecular weight is 278 g/mol. The van der Waals surface area contributed by atoms with E-state index in [4.69, 9.17) is 0 Å². The van der Waals surface area contributed by atoms with Crippen LogP contribution in [0, 0.1) is 18.7 Å². The summed E-state index contributed by atoms with van der Waals surface area (Å²) in [4.78, 5) is 12.1. The van der Waals surface area contributed by atoms with Gasteiger partial charge in [0, 0.05) is 6.54 Å². The Labute approximate surface area is 120 Å². The van der Waals surface area contributed by atoms with Crippen molar-refractivity contribution in [1.29, 1.82) is 0 Å². The lowest BCUT2D eigenvalue weighted by Gasteiger charge is -2.28. The molecule has 0 aliphatic carbocycles. The van der Waals surface area contributed by atoms with Crippen molar-refractivity contribution < 1.29 is 9.18 Å². The standard InChI is InChI=1S/C16H23FN2O/c1-3-12-6-7-18-15(9-12)16(20)19-10-13-5-4-11(2)14(17)8-13/h4-5,8,12,15,18H,3,6-7,9-10H2,1-2H3,(H,19,20). The number of hydrogen-bond donors (Lipinski definition) is 2. The highest BCUT2D eigenvalue weighted by atomic mass is 19.1. The van der Waals surface area contributed by atoms with Gasteiger partial charge in [-0.25, -0.2) is 4.39 Å². The van der Waals surface area contributed by atoms with Crippen LogP contribution < -0.4 is 10.6 Å². The molecule has 1 heterocycles. The lowest BCUT2D eigenvalue weighted by molar-refractivity contribution is -0.124. The maximum atomic E-state index is 13.4. The first-order valence-electron chi connectivity index (χ1n) is 7.36. The van der Waals surface area contributed by atoms with Crippen molar-refractivity contribution in [2.45, 2.75) is 45.7 Å². The van der Waals surface area contributed by atoms with Gasteiger partial charge in [-0.05, 0) is 49.4 Å². The van der Waals surface area contributed by atoms with E-state index >= 15 is 0 Å². The molecule has 110 valence electrons. The van der Waals surface area contributed by atoms with Gasteiger partial charge in [-0.15, -0.1) is 0 Å². The maximum Gasteiger partial charge on any atom is 0.237 e. The molecule has 1 amide bonds. The number of piperidine rings is 1. The van der Waals surface area contributed by atoms with Gasteiger partial charge in [-0.2, -0.15) is 0 Å². The smallest absolute Gasteiger partial charge is 0.237 e. The highest BCUT2D eigenvalue weighted by Crippen LogP contribution is 2.19. The molecular weight excluding hydrogens is 255 g/mol. The fraction of sp³-hybridized carbons (Fsp3) is 0.562. The molecule has 1 aromatic carbocycles. The number of nitrogens with one attached hydrogen (secondary N) is 2. The molecule has 2 N–H and O–H groups in total. The molecular formula is C16H23FN2O. The van der Waals surface area contributed by atoms with Gasteiger partial charge in [-0.1, -0.05) is 25.5 Å². The fourth-order valence-corrected chi connectivity index (χ4v) is 2.63. The predicted molar refractivity (Wildman–Crippen MR) is 77.8 cm³/mol. The second-order valence-corrected chi connectivity index (χ2v) is 5.61. The Bertz CT molecular complexity index is 476. The van der Waals surface area contributed by atoms with Gasteiger partial charge in [0.2, 0.25) is 5.91 Å². The molecule has 1 aliphatic rings. The summed E-state index contributed by atoms with van der Waals surface area (Å²) in [7, 11) is 0. The van der Waals surface area contributed by atoms with E-state index < -0.39 is 0 Å². The first-order valence-corrected chi connectivity index (χ1v) is 7.36. The van der Waals surface area contributed by atoms with E-state index in [0.29, 0.717) is 18.0 Å². The third-order valence-electron chi connectivity index (χ3n) is 4.11. The highest BCUT2D eigenvalue weighted by Gasteiger charge is 2.25. The number of carbonyl (C=O) groups excluding carboxylic acids is 1. The third-order valence-corrected chi connectivity index (χ3v) is 4.11. The quantitative estimate of drug-likeness (QED) is 0.888.